The molecule has 3 N–H and O–H groups in total. The van der Waals surface area contributed by atoms with Gasteiger partial charge in [0.15, 0.2) is 0 Å². The number of hydrogen-bond donors (Lipinski definition) is 3. The number of benzene rings is 1. The first-order chi connectivity index (χ1) is 10.2. The molecule has 1 aliphatic carbocycles. The second-order valence-electron chi connectivity index (χ2n) is 5.79. The van der Waals surface area contributed by atoms with Crippen LogP contribution in [-0.4, -0.2) is 41.6 Å². The summed E-state index contributed by atoms with van der Waals surface area (Å²) in [4.78, 5) is 0. The van der Waals surface area contributed by atoms with Crippen LogP contribution in [0.4, 0.5) is 0 Å². The predicted octanol–water partition coefficient (Wildman–Crippen LogP) is 2.11. The van der Waals surface area contributed by atoms with E-state index in [9.17, 15) is 10.2 Å². The Hall–Kier alpha value is -0.650. The van der Waals surface area contributed by atoms with E-state index in [0.29, 0.717) is 18.2 Å². The van der Waals surface area contributed by atoms with E-state index in [0.717, 1.165) is 31.2 Å². The van der Waals surface area contributed by atoms with Gasteiger partial charge in [0.2, 0.25) is 0 Å². The van der Waals surface area contributed by atoms with Crippen LogP contribution in [0.1, 0.15) is 31.2 Å². The van der Waals surface area contributed by atoms with Gasteiger partial charge in [0.1, 0.15) is 0 Å². The molecule has 1 atom stereocenters. The molecule has 0 aliphatic heterocycles. The summed E-state index contributed by atoms with van der Waals surface area (Å²) in [6.45, 7) is 1.20. The Labute approximate surface area is 131 Å². The molecule has 1 unspecified atom stereocenters. The van der Waals surface area contributed by atoms with E-state index >= 15 is 0 Å². The molecule has 0 spiro atoms. The van der Waals surface area contributed by atoms with Gasteiger partial charge < -0.3 is 20.3 Å². The van der Waals surface area contributed by atoms with Gasteiger partial charge in [-0.05, 0) is 24.5 Å². The van der Waals surface area contributed by atoms with E-state index in [1.807, 2.05) is 24.3 Å². The highest BCUT2D eigenvalue weighted by Gasteiger charge is 2.32. The smallest absolute Gasteiger partial charge is 0.0898 e. The molecular formula is C16H24ClNO3. The molecule has 1 aliphatic rings. The van der Waals surface area contributed by atoms with Crippen LogP contribution in [-0.2, 0) is 11.3 Å². The summed E-state index contributed by atoms with van der Waals surface area (Å²) in [6, 6.07) is 7.52. The highest BCUT2D eigenvalue weighted by molar-refractivity contribution is 6.31. The molecule has 0 amide bonds. The zero-order valence-corrected chi connectivity index (χ0v) is 13.0. The third-order valence-electron chi connectivity index (χ3n) is 4.10. The summed E-state index contributed by atoms with van der Waals surface area (Å²) in [5, 5.41) is 23.4. The van der Waals surface area contributed by atoms with E-state index in [2.05, 4.69) is 5.32 Å². The predicted molar refractivity (Wildman–Crippen MR) is 83.4 cm³/mol. The number of ether oxygens (including phenoxy) is 1. The maximum atomic E-state index is 9.96. The Kier molecular flexibility index (Phi) is 6.45. The minimum Gasteiger partial charge on any atom is -0.394 e. The number of hydrogen-bond acceptors (Lipinski definition) is 4. The average molecular weight is 314 g/mol. The normalized spacial score (nSPS) is 18.8. The summed E-state index contributed by atoms with van der Waals surface area (Å²) in [7, 11) is 0. The van der Waals surface area contributed by atoms with Crippen LogP contribution >= 0.6 is 11.6 Å². The molecule has 21 heavy (non-hydrogen) atoms. The fourth-order valence-electron chi connectivity index (χ4n) is 2.76. The minimum atomic E-state index is -0.587. The van der Waals surface area contributed by atoms with Gasteiger partial charge in [-0.3, -0.25) is 0 Å². The summed E-state index contributed by atoms with van der Waals surface area (Å²) in [5.74, 6) is 0. The summed E-state index contributed by atoms with van der Waals surface area (Å²) < 4.78 is 5.51. The molecule has 0 radical (unpaired) electrons. The number of aliphatic hydroxyl groups excluding tert-OH is 2. The standard InChI is InChI=1S/C16H24ClNO3/c17-15-6-2-1-5-13(15)10-21-11-14(20)9-18-16(12-19)7-3-4-8-16/h1-2,5-6,14,18-20H,3-4,7-12H2. The summed E-state index contributed by atoms with van der Waals surface area (Å²) >= 11 is 6.04. The molecule has 1 aromatic carbocycles. The van der Waals surface area contributed by atoms with Gasteiger partial charge in [0.25, 0.3) is 0 Å². The van der Waals surface area contributed by atoms with Crippen LogP contribution in [0.3, 0.4) is 0 Å². The molecule has 1 saturated carbocycles. The van der Waals surface area contributed by atoms with Crippen LogP contribution in [0.5, 0.6) is 0 Å². The van der Waals surface area contributed by atoms with Crippen LogP contribution in [0.2, 0.25) is 5.02 Å². The van der Waals surface area contributed by atoms with Crippen molar-refractivity contribution in [1.82, 2.24) is 5.32 Å². The van der Waals surface area contributed by atoms with Gasteiger partial charge in [-0.1, -0.05) is 42.6 Å². The molecule has 4 nitrogen and oxygen atoms in total. The zero-order valence-electron chi connectivity index (χ0n) is 12.2. The first-order valence-electron chi connectivity index (χ1n) is 7.50. The van der Waals surface area contributed by atoms with Gasteiger partial charge in [-0.25, -0.2) is 0 Å². The third-order valence-corrected chi connectivity index (χ3v) is 4.47. The first-order valence-corrected chi connectivity index (χ1v) is 7.88. The second kappa shape index (κ2) is 8.11. The Bertz CT molecular complexity index is 435. The monoisotopic (exact) mass is 313 g/mol. The van der Waals surface area contributed by atoms with Crippen molar-refractivity contribution >= 4 is 11.6 Å². The molecule has 2 rings (SSSR count). The highest BCUT2D eigenvalue weighted by Crippen LogP contribution is 2.28. The molecule has 0 aromatic heterocycles. The van der Waals surface area contributed by atoms with Crippen molar-refractivity contribution in [2.24, 2.45) is 0 Å². The van der Waals surface area contributed by atoms with Gasteiger partial charge in [0.05, 0.1) is 25.9 Å². The van der Waals surface area contributed by atoms with Crippen molar-refractivity contribution in [2.45, 2.75) is 43.9 Å². The van der Waals surface area contributed by atoms with Crippen molar-refractivity contribution in [3.8, 4) is 0 Å². The van der Waals surface area contributed by atoms with Gasteiger partial charge in [0, 0.05) is 17.1 Å². The number of nitrogens with one attached hydrogen (secondary N) is 1. The van der Waals surface area contributed by atoms with Gasteiger partial charge >= 0.3 is 0 Å². The summed E-state index contributed by atoms with van der Waals surface area (Å²) in [5.41, 5.74) is 0.714. The lowest BCUT2D eigenvalue weighted by molar-refractivity contribution is 0.0221. The van der Waals surface area contributed by atoms with Crippen molar-refractivity contribution in [2.75, 3.05) is 19.8 Å². The van der Waals surface area contributed by atoms with Gasteiger partial charge in [-0.2, -0.15) is 0 Å². The lowest BCUT2D eigenvalue weighted by atomic mass is 9.99. The molecule has 1 fully saturated rings. The van der Waals surface area contributed by atoms with Crippen LogP contribution in [0.15, 0.2) is 24.3 Å². The largest absolute Gasteiger partial charge is 0.394 e. The van der Waals surface area contributed by atoms with Crippen LogP contribution in [0.25, 0.3) is 0 Å². The van der Waals surface area contributed by atoms with Gasteiger partial charge in [-0.15, -0.1) is 0 Å². The molecule has 0 bridgehead atoms. The van der Waals surface area contributed by atoms with Crippen LogP contribution in [0, 0.1) is 0 Å². The van der Waals surface area contributed by atoms with Crippen molar-refractivity contribution in [3.63, 3.8) is 0 Å². The maximum absolute atomic E-state index is 9.96. The fourth-order valence-corrected chi connectivity index (χ4v) is 2.95. The number of β-amino-alcohol motifs (C(OH)–C–C–N with tert-alkyl or cyclic N) is 1. The fraction of sp³-hybridized carbons (Fsp3) is 0.625. The minimum absolute atomic E-state index is 0.125. The first kappa shape index (κ1) is 16.7. The summed E-state index contributed by atoms with van der Waals surface area (Å²) in [6.07, 6.45) is 3.61. The van der Waals surface area contributed by atoms with Crippen LogP contribution < -0.4 is 5.32 Å². The second-order valence-corrected chi connectivity index (χ2v) is 6.19. The van der Waals surface area contributed by atoms with Crippen molar-refractivity contribution in [3.05, 3.63) is 34.9 Å². The molecule has 5 heteroatoms. The SMILES string of the molecule is OCC1(NCC(O)COCc2ccccc2Cl)CCCC1. The van der Waals surface area contributed by atoms with E-state index in [1.54, 1.807) is 0 Å². The Morgan fingerprint density at radius 3 is 2.67 bits per heavy atom. The van der Waals surface area contributed by atoms with Crippen molar-refractivity contribution in [1.29, 1.82) is 0 Å². The Balaban J connectivity index is 1.68. The molecule has 1 aromatic rings. The molecule has 118 valence electrons. The third kappa shape index (κ3) is 4.94. The molecule has 0 saturated heterocycles. The van der Waals surface area contributed by atoms with Crippen molar-refractivity contribution < 1.29 is 14.9 Å². The topological polar surface area (TPSA) is 61.7 Å². The Morgan fingerprint density at radius 2 is 2.00 bits per heavy atom. The van der Waals surface area contributed by atoms with E-state index < -0.39 is 6.10 Å². The highest BCUT2D eigenvalue weighted by atomic mass is 35.5. The zero-order chi connectivity index (χ0) is 15.1. The number of aliphatic hydroxyl groups is 2. The number of halogens is 1. The quantitative estimate of drug-likeness (QED) is 0.688. The molecule has 0 heterocycles. The molecular weight excluding hydrogens is 290 g/mol. The lowest BCUT2D eigenvalue weighted by Gasteiger charge is -2.29. The maximum Gasteiger partial charge on any atom is 0.0898 e. The Morgan fingerprint density at radius 1 is 1.29 bits per heavy atom. The van der Waals surface area contributed by atoms with E-state index in [1.165, 1.54) is 0 Å². The average Bonchev–Trinajstić information content (AvgIpc) is 2.97. The lowest BCUT2D eigenvalue weighted by Crippen LogP contribution is -2.49. The van der Waals surface area contributed by atoms with E-state index in [4.69, 9.17) is 16.3 Å². The number of rotatable bonds is 8. The van der Waals surface area contributed by atoms with E-state index in [-0.39, 0.29) is 18.8 Å².